The van der Waals surface area contributed by atoms with Crippen LogP contribution in [0.1, 0.15) is 5.56 Å². The first-order chi connectivity index (χ1) is 12.7. The molecule has 2 aromatic carbocycles. The minimum absolute atomic E-state index is 0.412. The molecule has 0 saturated carbocycles. The molecule has 0 aliphatic carbocycles. The minimum Gasteiger partial charge on any atom is -0.338 e. The van der Waals surface area contributed by atoms with E-state index in [1.807, 2.05) is 49.4 Å². The Kier molecular flexibility index (Phi) is 4.33. The number of rotatable bonds is 4. The second-order valence-electron chi connectivity index (χ2n) is 5.75. The van der Waals surface area contributed by atoms with Gasteiger partial charge >= 0.3 is 0 Å². The van der Waals surface area contributed by atoms with Gasteiger partial charge in [-0.3, -0.25) is 0 Å². The number of aromatic nitrogens is 4. The van der Waals surface area contributed by atoms with Crippen molar-refractivity contribution < 1.29 is 0 Å². The van der Waals surface area contributed by atoms with E-state index >= 15 is 0 Å². The summed E-state index contributed by atoms with van der Waals surface area (Å²) in [7, 11) is 0. The predicted molar refractivity (Wildman–Crippen MR) is 104 cm³/mol. The van der Waals surface area contributed by atoms with Crippen LogP contribution in [0.2, 0.25) is 5.02 Å². The first kappa shape index (κ1) is 16.2. The van der Waals surface area contributed by atoms with Gasteiger partial charge in [0.05, 0.1) is 0 Å². The minimum atomic E-state index is 0.412. The van der Waals surface area contributed by atoms with Crippen LogP contribution in [0, 0.1) is 6.92 Å². The summed E-state index contributed by atoms with van der Waals surface area (Å²) in [6.45, 7) is 2.04. The van der Waals surface area contributed by atoms with Crippen molar-refractivity contribution in [2.45, 2.75) is 6.92 Å². The summed E-state index contributed by atoms with van der Waals surface area (Å²) in [6, 6.07) is 15.4. The molecule has 0 spiro atoms. The zero-order valence-electron chi connectivity index (χ0n) is 13.9. The van der Waals surface area contributed by atoms with E-state index in [1.54, 1.807) is 18.5 Å². The van der Waals surface area contributed by atoms with E-state index in [1.165, 1.54) is 5.56 Å². The SMILES string of the molecule is Cc1ccc(Nc2nc(Nc3cccc(Cl)c3)nc3nccnc23)cc1. The van der Waals surface area contributed by atoms with Crippen LogP contribution in [0.5, 0.6) is 0 Å². The molecule has 0 aliphatic rings. The van der Waals surface area contributed by atoms with Crippen molar-refractivity contribution in [1.82, 2.24) is 19.9 Å². The molecule has 0 fully saturated rings. The van der Waals surface area contributed by atoms with Gasteiger partial charge < -0.3 is 10.6 Å². The van der Waals surface area contributed by atoms with Crippen molar-refractivity contribution in [3.8, 4) is 0 Å². The molecule has 0 bridgehead atoms. The smallest absolute Gasteiger partial charge is 0.231 e. The molecule has 2 N–H and O–H groups in total. The number of halogens is 1. The number of aryl methyl sites for hydroxylation is 1. The Bertz CT molecular complexity index is 1070. The first-order valence-electron chi connectivity index (χ1n) is 8.02. The van der Waals surface area contributed by atoms with E-state index in [4.69, 9.17) is 11.6 Å². The van der Waals surface area contributed by atoms with E-state index < -0.39 is 0 Å². The van der Waals surface area contributed by atoms with Crippen LogP contribution < -0.4 is 10.6 Å². The molecule has 0 saturated heterocycles. The van der Waals surface area contributed by atoms with Gasteiger partial charge in [0.1, 0.15) is 0 Å². The van der Waals surface area contributed by atoms with Crippen molar-refractivity contribution in [3.05, 3.63) is 71.5 Å². The number of nitrogens with zero attached hydrogens (tertiary/aromatic N) is 4. The van der Waals surface area contributed by atoms with Crippen LogP contribution in [-0.4, -0.2) is 19.9 Å². The third kappa shape index (κ3) is 3.55. The quantitative estimate of drug-likeness (QED) is 0.539. The number of fused-ring (bicyclic) bond motifs is 1. The van der Waals surface area contributed by atoms with Gasteiger partial charge in [-0.25, -0.2) is 9.97 Å². The zero-order valence-corrected chi connectivity index (χ0v) is 14.7. The van der Waals surface area contributed by atoms with Gasteiger partial charge in [0.25, 0.3) is 0 Å². The van der Waals surface area contributed by atoms with E-state index in [0.29, 0.717) is 28.0 Å². The van der Waals surface area contributed by atoms with E-state index in [2.05, 4.69) is 30.6 Å². The molecule has 4 rings (SSSR count). The van der Waals surface area contributed by atoms with Gasteiger partial charge in [0.2, 0.25) is 5.95 Å². The Hall–Kier alpha value is -3.25. The lowest BCUT2D eigenvalue weighted by atomic mass is 10.2. The maximum absolute atomic E-state index is 6.04. The number of benzene rings is 2. The van der Waals surface area contributed by atoms with Gasteiger partial charge in [-0.2, -0.15) is 9.97 Å². The van der Waals surface area contributed by atoms with Gasteiger partial charge in [-0.15, -0.1) is 0 Å². The van der Waals surface area contributed by atoms with Crippen LogP contribution in [0.3, 0.4) is 0 Å². The zero-order chi connectivity index (χ0) is 17.9. The van der Waals surface area contributed by atoms with Crippen molar-refractivity contribution in [3.63, 3.8) is 0 Å². The fourth-order valence-corrected chi connectivity index (χ4v) is 2.67. The second kappa shape index (κ2) is 6.93. The summed E-state index contributed by atoms with van der Waals surface area (Å²) in [5.74, 6) is 0.992. The van der Waals surface area contributed by atoms with Crippen LogP contribution in [-0.2, 0) is 0 Å². The summed E-state index contributed by atoms with van der Waals surface area (Å²) in [5, 5.41) is 7.08. The van der Waals surface area contributed by atoms with E-state index in [0.717, 1.165) is 11.4 Å². The maximum Gasteiger partial charge on any atom is 0.231 e. The molecule has 4 aromatic rings. The molecule has 0 radical (unpaired) electrons. The van der Waals surface area contributed by atoms with E-state index in [9.17, 15) is 0 Å². The molecule has 7 heteroatoms. The van der Waals surface area contributed by atoms with Crippen molar-refractivity contribution in [1.29, 1.82) is 0 Å². The topological polar surface area (TPSA) is 75.6 Å². The Balaban J connectivity index is 1.74. The largest absolute Gasteiger partial charge is 0.338 e. The van der Waals surface area contributed by atoms with Crippen LogP contribution >= 0.6 is 11.6 Å². The summed E-state index contributed by atoms with van der Waals surface area (Å²) in [4.78, 5) is 17.7. The lowest BCUT2D eigenvalue weighted by molar-refractivity contribution is 1.15. The highest BCUT2D eigenvalue weighted by molar-refractivity contribution is 6.30. The monoisotopic (exact) mass is 362 g/mol. The normalized spacial score (nSPS) is 10.7. The number of anilines is 4. The van der Waals surface area contributed by atoms with Crippen molar-refractivity contribution >= 4 is 45.9 Å². The van der Waals surface area contributed by atoms with Gasteiger partial charge in [-0.1, -0.05) is 35.4 Å². The fourth-order valence-electron chi connectivity index (χ4n) is 2.48. The summed E-state index contributed by atoms with van der Waals surface area (Å²) >= 11 is 6.04. The third-order valence-electron chi connectivity index (χ3n) is 3.73. The Morgan fingerprint density at radius 2 is 1.65 bits per heavy atom. The average Bonchev–Trinajstić information content (AvgIpc) is 2.64. The molecule has 0 aliphatic heterocycles. The molecule has 0 amide bonds. The Labute approximate surface area is 155 Å². The van der Waals surface area contributed by atoms with Gasteiger partial charge in [-0.05, 0) is 37.3 Å². The first-order valence-corrected chi connectivity index (χ1v) is 8.40. The lowest BCUT2D eigenvalue weighted by Gasteiger charge is -2.11. The average molecular weight is 363 g/mol. The van der Waals surface area contributed by atoms with Crippen LogP contribution in [0.4, 0.5) is 23.1 Å². The summed E-state index contributed by atoms with van der Waals surface area (Å²) in [6.07, 6.45) is 3.23. The molecular weight excluding hydrogens is 348 g/mol. The number of hydrogen-bond donors (Lipinski definition) is 2. The second-order valence-corrected chi connectivity index (χ2v) is 6.19. The highest BCUT2D eigenvalue weighted by atomic mass is 35.5. The molecule has 0 atom stereocenters. The lowest BCUT2D eigenvalue weighted by Crippen LogP contribution is -2.04. The Morgan fingerprint density at radius 1 is 0.846 bits per heavy atom. The molecule has 0 unspecified atom stereocenters. The summed E-state index contributed by atoms with van der Waals surface area (Å²) < 4.78 is 0. The van der Waals surface area contributed by atoms with Gasteiger partial charge in [0, 0.05) is 28.8 Å². The van der Waals surface area contributed by atoms with E-state index in [-0.39, 0.29) is 0 Å². The van der Waals surface area contributed by atoms with Gasteiger partial charge in [0.15, 0.2) is 17.0 Å². The standard InChI is InChI=1S/C19H15ClN6/c1-12-5-7-14(8-6-12)23-18-16-17(22-10-9-21-16)25-19(26-18)24-15-4-2-3-13(20)11-15/h2-11H,1H3,(H2,22,23,24,25,26). The molecular formula is C19H15ClN6. The molecule has 2 aromatic heterocycles. The van der Waals surface area contributed by atoms with Crippen molar-refractivity contribution in [2.75, 3.05) is 10.6 Å². The van der Waals surface area contributed by atoms with Crippen molar-refractivity contribution in [2.24, 2.45) is 0 Å². The third-order valence-corrected chi connectivity index (χ3v) is 3.96. The highest BCUT2D eigenvalue weighted by Crippen LogP contribution is 2.24. The predicted octanol–water partition coefficient (Wildman–Crippen LogP) is 4.87. The molecule has 128 valence electrons. The maximum atomic E-state index is 6.04. The van der Waals surface area contributed by atoms with Crippen LogP contribution in [0.15, 0.2) is 60.9 Å². The van der Waals surface area contributed by atoms with Crippen LogP contribution in [0.25, 0.3) is 11.2 Å². The fraction of sp³-hybridized carbons (Fsp3) is 0.0526. The molecule has 6 nitrogen and oxygen atoms in total. The molecule has 26 heavy (non-hydrogen) atoms. The Morgan fingerprint density at radius 3 is 2.46 bits per heavy atom. The number of hydrogen-bond acceptors (Lipinski definition) is 6. The highest BCUT2D eigenvalue weighted by Gasteiger charge is 2.10. The summed E-state index contributed by atoms with van der Waals surface area (Å²) in [5.41, 5.74) is 3.99. The molecule has 2 heterocycles. The number of nitrogens with one attached hydrogen (secondary N) is 2.